The molecule has 0 radical (unpaired) electrons. The third-order valence-electron chi connectivity index (χ3n) is 2.66. The zero-order valence-electron chi connectivity index (χ0n) is 10.5. The lowest BCUT2D eigenvalue weighted by molar-refractivity contribution is 0.0779. The predicted molar refractivity (Wildman–Crippen MR) is 70.8 cm³/mol. The number of carbonyl (C=O) groups excluding carboxylic acids is 1. The van der Waals surface area contributed by atoms with E-state index in [-0.39, 0.29) is 11.7 Å². The zero-order chi connectivity index (χ0) is 13.8. The van der Waals surface area contributed by atoms with Crippen LogP contribution in [0.5, 0.6) is 0 Å². The van der Waals surface area contributed by atoms with Crippen molar-refractivity contribution in [2.75, 3.05) is 12.8 Å². The fourth-order valence-corrected chi connectivity index (χ4v) is 1.71. The SMILES string of the molecule is CN(Cc1cccc(F)c1)C(=O)c1ccc(N)cn1. The normalized spacial score (nSPS) is 10.2. The highest BCUT2D eigenvalue weighted by Crippen LogP contribution is 2.09. The summed E-state index contributed by atoms with van der Waals surface area (Å²) in [6.07, 6.45) is 1.43. The summed E-state index contributed by atoms with van der Waals surface area (Å²) in [6, 6.07) is 9.34. The molecule has 0 fully saturated rings. The molecule has 0 saturated carbocycles. The number of nitrogens with two attached hydrogens (primary N) is 1. The lowest BCUT2D eigenvalue weighted by atomic mass is 10.2. The molecule has 2 rings (SSSR count). The number of rotatable bonds is 3. The van der Waals surface area contributed by atoms with E-state index in [0.29, 0.717) is 17.9 Å². The molecule has 1 heterocycles. The minimum atomic E-state index is -0.316. The zero-order valence-corrected chi connectivity index (χ0v) is 10.5. The van der Waals surface area contributed by atoms with E-state index in [0.717, 1.165) is 5.56 Å². The lowest BCUT2D eigenvalue weighted by Gasteiger charge is -2.16. The molecule has 19 heavy (non-hydrogen) atoms. The van der Waals surface area contributed by atoms with Crippen LogP contribution in [0.4, 0.5) is 10.1 Å². The Morgan fingerprint density at radius 2 is 2.16 bits per heavy atom. The molecule has 0 spiro atoms. The maximum atomic E-state index is 13.1. The Morgan fingerprint density at radius 3 is 2.79 bits per heavy atom. The van der Waals surface area contributed by atoms with Crippen molar-refractivity contribution in [1.82, 2.24) is 9.88 Å². The van der Waals surface area contributed by atoms with Crippen LogP contribution in [-0.4, -0.2) is 22.8 Å². The van der Waals surface area contributed by atoms with Gasteiger partial charge in [0.2, 0.25) is 0 Å². The van der Waals surface area contributed by atoms with Crippen LogP contribution in [-0.2, 0) is 6.54 Å². The van der Waals surface area contributed by atoms with Crippen LogP contribution in [0.3, 0.4) is 0 Å². The number of nitrogen functional groups attached to an aromatic ring is 1. The van der Waals surface area contributed by atoms with Crippen LogP contribution in [0.2, 0.25) is 0 Å². The van der Waals surface area contributed by atoms with Crippen LogP contribution < -0.4 is 5.73 Å². The van der Waals surface area contributed by atoms with Crippen molar-refractivity contribution < 1.29 is 9.18 Å². The highest BCUT2D eigenvalue weighted by atomic mass is 19.1. The summed E-state index contributed by atoms with van der Waals surface area (Å²) in [5, 5.41) is 0. The molecule has 0 bridgehead atoms. The first-order valence-corrected chi connectivity index (χ1v) is 5.77. The van der Waals surface area contributed by atoms with Crippen molar-refractivity contribution in [2.24, 2.45) is 0 Å². The first-order chi connectivity index (χ1) is 9.06. The summed E-state index contributed by atoms with van der Waals surface area (Å²) in [6.45, 7) is 0.322. The first-order valence-electron chi connectivity index (χ1n) is 5.77. The molecule has 0 aliphatic carbocycles. The van der Waals surface area contributed by atoms with Crippen LogP contribution in [0.25, 0.3) is 0 Å². The third kappa shape index (κ3) is 3.28. The number of anilines is 1. The number of benzene rings is 1. The van der Waals surface area contributed by atoms with Gasteiger partial charge in [-0.1, -0.05) is 12.1 Å². The van der Waals surface area contributed by atoms with E-state index in [1.165, 1.54) is 23.2 Å². The molecule has 0 atom stereocenters. The molecule has 1 amide bonds. The quantitative estimate of drug-likeness (QED) is 0.918. The molecule has 0 aliphatic rings. The number of hydrogen-bond acceptors (Lipinski definition) is 3. The standard InChI is InChI=1S/C14H14FN3O/c1-18(9-10-3-2-4-11(15)7-10)14(19)13-6-5-12(16)8-17-13/h2-8H,9,16H2,1H3. The van der Waals surface area contributed by atoms with Gasteiger partial charge in [-0.15, -0.1) is 0 Å². The van der Waals surface area contributed by atoms with Gasteiger partial charge in [0.05, 0.1) is 11.9 Å². The van der Waals surface area contributed by atoms with Gasteiger partial charge in [0, 0.05) is 13.6 Å². The summed E-state index contributed by atoms with van der Waals surface area (Å²) in [5.74, 6) is -0.548. The highest BCUT2D eigenvalue weighted by molar-refractivity contribution is 5.92. The molecular weight excluding hydrogens is 245 g/mol. The Labute approximate surface area is 110 Å². The Balaban J connectivity index is 2.09. The number of hydrogen-bond donors (Lipinski definition) is 1. The molecule has 98 valence electrons. The van der Waals surface area contributed by atoms with E-state index in [1.807, 2.05) is 0 Å². The topological polar surface area (TPSA) is 59.2 Å². The molecule has 4 nitrogen and oxygen atoms in total. The second-order valence-electron chi connectivity index (χ2n) is 4.27. The number of halogens is 1. The second kappa shape index (κ2) is 5.48. The molecule has 2 N–H and O–H groups in total. The van der Waals surface area contributed by atoms with Gasteiger partial charge in [0.25, 0.3) is 5.91 Å². The maximum absolute atomic E-state index is 13.1. The maximum Gasteiger partial charge on any atom is 0.272 e. The summed E-state index contributed by atoms with van der Waals surface area (Å²) < 4.78 is 13.1. The predicted octanol–water partition coefficient (Wildman–Crippen LogP) is 2.08. The Morgan fingerprint density at radius 1 is 1.37 bits per heavy atom. The number of nitrogens with zero attached hydrogens (tertiary/aromatic N) is 2. The summed E-state index contributed by atoms with van der Waals surface area (Å²) in [7, 11) is 1.64. The molecule has 1 aromatic carbocycles. The fraction of sp³-hybridized carbons (Fsp3) is 0.143. The number of amides is 1. The van der Waals surface area contributed by atoms with Gasteiger partial charge in [-0.25, -0.2) is 9.37 Å². The minimum Gasteiger partial charge on any atom is -0.397 e. The summed E-state index contributed by atoms with van der Waals surface area (Å²) >= 11 is 0. The van der Waals surface area contributed by atoms with Gasteiger partial charge < -0.3 is 10.6 Å². The van der Waals surface area contributed by atoms with Gasteiger partial charge in [-0.3, -0.25) is 4.79 Å². The molecule has 0 unspecified atom stereocenters. The highest BCUT2D eigenvalue weighted by Gasteiger charge is 2.13. The van der Waals surface area contributed by atoms with Crippen LogP contribution in [0.1, 0.15) is 16.1 Å². The number of pyridine rings is 1. The van der Waals surface area contributed by atoms with E-state index in [2.05, 4.69) is 4.98 Å². The van der Waals surface area contributed by atoms with E-state index in [1.54, 1.807) is 31.3 Å². The van der Waals surface area contributed by atoms with E-state index in [4.69, 9.17) is 5.73 Å². The fourth-order valence-electron chi connectivity index (χ4n) is 1.71. The van der Waals surface area contributed by atoms with E-state index in [9.17, 15) is 9.18 Å². The molecule has 0 aliphatic heterocycles. The second-order valence-corrected chi connectivity index (χ2v) is 4.27. The monoisotopic (exact) mass is 259 g/mol. The first kappa shape index (κ1) is 13.0. The van der Waals surface area contributed by atoms with Crippen LogP contribution in [0, 0.1) is 5.82 Å². The van der Waals surface area contributed by atoms with Gasteiger partial charge in [0.15, 0.2) is 0 Å². The van der Waals surface area contributed by atoms with Crippen molar-refractivity contribution in [2.45, 2.75) is 6.54 Å². The molecule has 2 aromatic rings. The Kier molecular flexibility index (Phi) is 3.75. The van der Waals surface area contributed by atoms with Crippen molar-refractivity contribution in [1.29, 1.82) is 0 Å². The summed E-state index contributed by atoms with van der Waals surface area (Å²) in [5.41, 5.74) is 7.06. The van der Waals surface area contributed by atoms with Gasteiger partial charge >= 0.3 is 0 Å². The van der Waals surface area contributed by atoms with Crippen molar-refractivity contribution in [3.63, 3.8) is 0 Å². The average molecular weight is 259 g/mol. The molecule has 0 saturated heterocycles. The van der Waals surface area contributed by atoms with Crippen molar-refractivity contribution >= 4 is 11.6 Å². The summed E-state index contributed by atoms with van der Waals surface area (Å²) in [4.78, 5) is 17.5. The van der Waals surface area contributed by atoms with Gasteiger partial charge in [-0.2, -0.15) is 0 Å². The number of carbonyl (C=O) groups is 1. The van der Waals surface area contributed by atoms with Gasteiger partial charge in [0.1, 0.15) is 11.5 Å². The smallest absolute Gasteiger partial charge is 0.272 e. The van der Waals surface area contributed by atoms with E-state index >= 15 is 0 Å². The lowest BCUT2D eigenvalue weighted by Crippen LogP contribution is -2.27. The molecular formula is C14H14FN3O. The Bertz CT molecular complexity index is 583. The van der Waals surface area contributed by atoms with Crippen molar-refractivity contribution in [3.8, 4) is 0 Å². The molecule has 1 aromatic heterocycles. The van der Waals surface area contributed by atoms with E-state index < -0.39 is 0 Å². The van der Waals surface area contributed by atoms with Gasteiger partial charge in [-0.05, 0) is 29.8 Å². The average Bonchev–Trinajstić information content (AvgIpc) is 2.39. The Hall–Kier alpha value is -2.43. The number of aromatic nitrogens is 1. The largest absolute Gasteiger partial charge is 0.397 e. The van der Waals surface area contributed by atoms with Crippen LogP contribution >= 0.6 is 0 Å². The van der Waals surface area contributed by atoms with Crippen LogP contribution in [0.15, 0.2) is 42.6 Å². The third-order valence-corrected chi connectivity index (χ3v) is 2.66. The van der Waals surface area contributed by atoms with Crippen molar-refractivity contribution in [3.05, 3.63) is 59.7 Å². The molecule has 5 heteroatoms. The minimum absolute atomic E-state index is 0.232.